The van der Waals surface area contributed by atoms with Crippen LogP contribution >= 0.6 is 27.3 Å². The van der Waals surface area contributed by atoms with Gasteiger partial charge in [-0.2, -0.15) is 0 Å². The third-order valence-electron chi connectivity index (χ3n) is 1.45. The number of carbonyl (C=O) groups is 2. The fourth-order valence-electron chi connectivity index (χ4n) is 0.799. The van der Waals surface area contributed by atoms with Crippen LogP contribution in [0.25, 0.3) is 0 Å². The van der Waals surface area contributed by atoms with Crippen LogP contribution in [0.2, 0.25) is 0 Å². The standard InChI is InChI=1S/C8H8BrNO2S/c1-10-8(12)7-3-2-6(13-7)5(11)4-9/h2-3H,4H2,1H3,(H,10,12). The number of alkyl halides is 1. The van der Waals surface area contributed by atoms with Gasteiger partial charge < -0.3 is 5.32 Å². The molecule has 0 atom stereocenters. The third kappa shape index (κ3) is 2.38. The van der Waals surface area contributed by atoms with Gasteiger partial charge in [-0.1, -0.05) is 15.9 Å². The van der Waals surface area contributed by atoms with Crippen LogP contribution in [-0.2, 0) is 0 Å². The number of amides is 1. The molecule has 0 aliphatic carbocycles. The first kappa shape index (κ1) is 10.4. The maximum absolute atomic E-state index is 11.2. The van der Waals surface area contributed by atoms with E-state index in [1.807, 2.05) is 0 Å². The van der Waals surface area contributed by atoms with Crippen LogP contribution in [0, 0.1) is 0 Å². The Kier molecular flexibility index (Phi) is 3.62. The molecule has 0 aliphatic heterocycles. The minimum atomic E-state index is -0.154. The summed E-state index contributed by atoms with van der Waals surface area (Å²) >= 11 is 4.28. The first-order valence-electron chi connectivity index (χ1n) is 3.60. The summed E-state index contributed by atoms with van der Waals surface area (Å²) in [6.45, 7) is 0. The zero-order valence-electron chi connectivity index (χ0n) is 6.96. The Balaban J connectivity index is 2.86. The van der Waals surface area contributed by atoms with Crippen LogP contribution in [0.15, 0.2) is 12.1 Å². The second kappa shape index (κ2) is 4.53. The summed E-state index contributed by atoms with van der Waals surface area (Å²) in [6.07, 6.45) is 0. The molecule has 1 aromatic rings. The maximum Gasteiger partial charge on any atom is 0.261 e. The molecule has 0 aromatic carbocycles. The Morgan fingerprint density at radius 2 is 2.08 bits per heavy atom. The molecule has 0 fully saturated rings. The van der Waals surface area contributed by atoms with Gasteiger partial charge in [-0.05, 0) is 12.1 Å². The number of hydrogen-bond acceptors (Lipinski definition) is 3. The first-order valence-corrected chi connectivity index (χ1v) is 5.54. The van der Waals surface area contributed by atoms with Gasteiger partial charge in [0.05, 0.1) is 15.1 Å². The van der Waals surface area contributed by atoms with Gasteiger partial charge >= 0.3 is 0 Å². The lowest BCUT2D eigenvalue weighted by molar-refractivity contribution is 0.0966. The Labute approximate surface area is 88.3 Å². The molecular formula is C8H8BrNO2S. The largest absolute Gasteiger partial charge is 0.354 e. The van der Waals surface area contributed by atoms with Gasteiger partial charge in [0.25, 0.3) is 5.91 Å². The molecule has 70 valence electrons. The Morgan fingerprint density at radius 3 is 2.62 bits per heavy atom. The maximum atomic E-state index is 11.2. The highest BCUT2D eigenvalue weighted by atomic mass is 79.9. The van der Waals surface area contributed by atoms with E-state index in [9.17, 15) is 9.59 Å². The molecule has 0 saturated heterocycles. The smallest absolute Gasteiger partial charge is 0.261 e. The summed E-state index contributed by atoms with van der Waals surface area (Å²) in [4.78, 5) is 23.5. The van der Waals surface area contributed by atoms with E-state index in [0.29, 0.717) is 15.1 Å². The minimum Gasteiger partial charge on any atom is -0.354 e. The number of nitrogens with one attached hydrogen (secondary N) is 1. The highest BCUT2D eigenvalue weighted by Gasteiger charge is 2.11. The SMILES string of the molecule is CNC(=O)c1ccc(C(=O)CBr)s1. The molecule has 5 heteroatoms. The van der Waals surface area contributed by atoms with Crippen molar-refractivity contribution in [1.29, 1.82) is 0 Å². The second-order valence-corrected chi connectivity index (χ2v) is 3.94. The van der Waals surface area contributed by atoms with Gasteiger partial charge in [-0.3, -0.25) is 9.59 Å². The minimum absolute atomic E-state index is 0.000142. The van der Waals surface area contributed by atoms with Crippen molar-refractivity contribution in [2.75, 3.05) is 12.4 Å². The highest BCUT2D eigenvalue weighted by Crippen LogP contribution is 2.17. The van der Waals surface area contributed by atoms with E-state index in [4.69, 9.17) is 0 Å². The second-order valence-electron chi connectivity index (χ2n) is 2.30. The molecule has 1 heterocycles. The number of halogens is 1. The number of ketones is 1. The predicted octanol–water partition coefficient (Wildman–Crippen LogP) is 1.69. The van der Waals surface area contributed by atoms with Crippen LogP contribution in [0.5, 0.6) is 0 Å². The summed E-state index contributed by atoms with van der Waals surface area (Å²) in [7, 11) is 1.56. The van der Waals surface area contributed by atoms with Crippen molar-refractivity contribution in [3.63, 3.8) is 0 Å². The molecule has 3 nitrogen and oxygen atoms in total. The highest BCUT2D eigenvalue weighted by molar-refractivity contribution is 9.09. The number of hydrogen-bond donors (Lipinski definition) is 1. The third-order valence-corrected chi connectivity index (χ3v) is 3.09. The molecule has 0 radical (unpaired) electrons. The zero-order chi connectivity index (χ0) is 9.84. The quantitative estimate of drug-likeness (QED) is 0.665. The topological polar surface area (TPSA) is 46.2 Å². The molecule has 0 aliphatic rings. The van der Waals surface area contributed by atoms with Gasteiger partial charge in [0, 0.05) is 7.05 Å². The molecule has 13 heavy (non-hydrogen) atoms. The average molecular weight is 262 g/mol. The summed E-state index contributed by atoms with van der Waals surface area (Å²) in [6, 6.07) is 3.32. The molecule has 0 unspecified atom stereocenters. The molecule has 0 spiro atoms. The van der Waals surface area contributed by atoms with Crippen LogP contribution in [0.1, 0.15) is 19.3 Å². The van der Waals surface area contributed by atoms with Crippen LogP contribution < -0.4 is 5.32 Å². The van der Waals surface area contributed by atoms with Crippen molar-refractivity contribution in [2.45, 2.75) is 0 Å². The van der Waals surface area contributed by atoms with E-state index in [1.165, 1.54) is 11.3 Å². The van der Waals surface area contributed by atoms with Crippen molar-refractivity contribution in [2.24, 2.45) is 0 Å². The fourth-order valence-corrected chi connectivity index (χ4v) is 2.18. The number of Topliss-reactive ketones (excluding diaryl/α,β-unsaturated/α-hetero) is 1. The van der Waals surface area contributed by atoms with Crippen molar-refractivity contribution < 1.29 is 9.59 Å². The van der Waals surface area contributed by atoms with E-state index in [-0.39, 0.29) is 11.7 Å². The lowest BCUT2D eigenvalue weighted by Crippen LogP contribution is -2.16. The average Bonchev–Trinajstić information content (AvgIpc) is 2.64. The molecule has 0 saturated carbocycles. The lowest BCUT2D eigenvalue weighted by atomic mass is 10.3. The molecule has 1 rings (SSSR count). The number of thiophene rings is 1. The van der Waals surface area contributed by atoms with E-state index < -0.39 is 0 Å². The molecule has 0 bridgehead atoms. The van der Waals surface area contributed by atoms with E-state index in [0.717, 1.165) is 0 Å². The summed E-state index contributed by atoms with van der Waals surface area (Å²) in [5.41, 5.74) is 0. The van der Waals surface area contributed by atoms with Crippen LogP contribution in [0.3, 0.4) is 0 Å². The van der Waals surface area contributed by atoms with Crippen molar-refractivity contribution in [1.82, 2.24) is 5.32 Å². The van der Waals surface area contributed by atoms with E-state index >= 15 is 0 Å². The normalized spacial score (nSPS) is 9.69. The number of carbonyl (C=O) groups excluding carboxylic acids is 2. The van der Waals surface area contributed by atoms with Crippen LogP contribution in [0.4, 0.5) is 0 Å². The van der Waals surface area contributed by atoms with Crippen molar-refractivity contribution in [3.8, 4) is 0 Å². The first-order chi connectivity index (χ1) is 6.19. The lowest BCUT2D eigenvalue weighted by Gasteiger charge is -1.92. The summed E-state index contributed by atoms with van der Waals surface area (Å²) in [5, 5.41) is 2.79. The van der Waals surface area contributed by atoms with E-state index in [1.54, 1.807) is 19.2 Å². The fraction of sp³-hybridized carbons (Fsp3) is 0.250. The van der Waals surface area contributed by atoms with E-state index in [2.05, 4.69) is 21.2 Å². The van der Waals surface area contributed by atoms with Gasteiger partial charge in [0.2, 0.25) is 0 Å². The van der Waals surface area contributed by atoms with Gasteiger partial charge in [-0.15, -0.1) is 11.3 Å². The summed E-state index contributed by atoms with van der Waals surface area (Å²) < 4.78 is 0. The molecule has 1 N–H and O–H groups in total. The molecule has 1 amide bonds. The van der Waals surface area contributed by atoms with Crippen LogP contribution in [-0.4, -0.2) is 24.1 Å². The monoisotopic (exact) mass is 261 g/mol. The van der Waals surface area contributed by atoms with Crippen molar-refractivity contribution in [3.05, 3.63) is 21.9 Å². The van der Waals surface area contributed by atoms with Crippen molar-refractivity contribution >= 4 is 39.0 Å². The zero-order valence-corrected chi connectivity index (χ0v) is 9.37. The molecule has 1 aromatic heterocycles. The number of rotatable bonds is 3. The van der Waals surface area contributed by atoms with Gasteiger partial charge in [0.1, 0.15) is 0 Å². The Bertz CT molecular complexity index is 304. The summed E-state index contributed by atoms with van der Waals surface area (Å²) in [5.74, 6) is -0.154. The Morgan fingerprint density at radius 1 is 1.46 bits per heavy atom. The molecular weight excluding hydrogens is 254 g/mol. The van der Waals surface area contributed by atoms with Gasteiger partial charge in [0.15, 0.2) is 5.78 Å². The predicted molar refractivity (Wildman–Crippen MR) is 55.8 cm³/mol. The van der Waals surface area contributed by atoms with Gasteiger partial charge in [-0.25, -0.2) is 0 Å². The Hall–Kier alpha value is -0.680.